The lowest BCUT2D eigenvalue weighted by Crippen LogP contribution is -2.43. The maximum Gasteiger partial charge on any atom is 0.412 e. The number of urea groups is 1. The molecule has 0 spiro atoms. The molecule has 0 radical (unpaired) electrons. The van der Waals surface area contributed by atoms with Crippen molar-refractivity contribution >= 4 is 46.7 Å². The molecule has 4 amide bonds. The lowest BCUT2D eigenvalue weighted by atomic mass is 10.2. The fraction of sp³-hybridized carbons (Fsp3) is 0.536. The molecule has 0 aliphatic carbocycles. The standard InChI is InChI=1S/C28H40N6O7S/c1-5-40-24(35)16-30-26(37)34(10-6-9-33-11-13-39-14-12-33)17-20-7-8-21(29-15-20)25(36)31-22-18-42-19-23(22)32-27(38)41-28(2,3)4/h7-8,15,18-19H,5-6,9-14,16-17H2,1-4H3,(H,30,37)(H,31,36)(H,32,38). The first kappa shape index (κ1) is 32.8. The van der Waals surface area contributed by atoms with Gasteiger partial charge in [0.15, 0.2) is 0 Å². The molecule has 1 saturated heterocycles. The van der Waals surface area contributed by atoms with Gasteiger partial charge in [0, 0.05) is 49.7 Å². The zero-order chi connectivity index (χ0) is 30.5. The number of nitrogens with zero attached hydrogens (tertiary/aromatic N) is 3. The molecule has 3 rings (SSSR count). The lowest BCUT2D eigenvalue weighted by Gasteiger charge is -2.28. The minimum atomic E-state index is -0.658. The molecule has 0 atom stereocenters. The summed E-state index contributed by atoms with van der Waals surface area (Å²) in [5.41, 5.74) is 1.06. The molecule has 1 fully saturated rings. The van der Waals surface area contributed by atoms with E-state index in [1.165, 1.54) is 17.5 Å². The molecule has 3 N–H and O–H groups in total. The van der Waals surface area contributed by atoms with E-state index < -0.39 is 29.6 Å². The predicted octanol–water partition coefficient (Wildman–Crippen LogP) is 3.54. The Kier molecular flexibility index (Phi) is 12.5. The number of morpholine rings is 1. The van der Waals surface area contributed by atoms with Crippen molar-refractivity contribution in [1.29, 1.82) is 0 Å². The molecule has 1 aliphatic rings. The van der Waals surface area contributed by atoms with Gasteiger partial charge in [0.25, 0.3) is 5.91 Å². The topological polar surface area (TPSA) is 151 Å². The first-order valence-electron chi connectivity index (χ1n) is 13.8. The van der Waals surface area contributed by atoms with Crippen LogP contribution < -0.4 is 16.0 Å². The molecule has 0 saturated carbocycles. The highest BCUT2D eigenvalue weighted by molar-refractivity contribution is 7.09. The van der Waals surface area contributed by atoms with E-state index in [0.717, 1.165) is 26.1 Å². The van der Waals surface area contributed by atoms with Gasteiger partial charge >= 0.3 is 18.1 Å². The molecule has 0 aromatic carbocycles. The van der Waals surface area contributed by atoms with Gasteiger partial charge in [-0.05, 0) is 45.7 Å². The Morgan fingerprint density at radius 2 is 1.81 bits per heavy atom. The SMILES string of the molecule is CCOC(=O)CNC(=O)N(CCCN1CCOCC1)Cc1ccc(C(=O)Nc2cscc2NC(=O)OC(C)(C)C)nc1. The minimum absolute atomic E-state index is 0.166. The predicted molar refractivity (Wildman–Crippen MR) is 159 cm³/mol. The third-order valence-corrected chi connectivity index (χ3v) is 6.70. The second-order valence-electron chi connectivity index (χ2n) is 10.5. The highest BCUT2D eigenvalue weighted by atomic mass is 32.1. The Morgan fingerprint density at radius 3 is 2.45 bits per heavy atom. The van der Waals surface area contributed by atoms with Crippen LogP contribution in [0.1, 0.15) is 50.2 Å². The Hall–Kier alpha value is -3.75. The van der Waals surface area contributed by atoms with E-state index in [0.29, 0.717) is 36.7 Å². The number of carbonyl (C=O) groups excluding carboxylic acids is 4. The number of amides is 4. The minimum Gasteiger partial charge on any atom is -0.465 e. The van der Waals surface area contributed by atoms with Crippen LogP contribution in [-0.2, 0) is 25.5 Å². The van der Waals surface area contributed by atoms with Gasteiger partial charge in [0.1, 0.15) is 17.8 Å². The van der Waals surface area contributed by atoms with Gasteiger partial charge in [0.2, 0.25) is 0 Å². The zero-order valence-electron chi connectivity index (χ0n) is 24.6. The molecule has 14 heteroatoms. The van der Waals surface area contributed by atoms with Crippen molar-refractivity contribution in [3.05, 3.63) is 40.3 Å². The van der Waals surface area contributed by atoms with Gasteiger partial charge in [-0.2, -0.15) is 0 Å². The molecule has 230 valence electrons. The Morgan fingerprint density at radius 1 is 1.10 bits per heavy atom. The molecule has 0 unspecified atom stereocenters. The zero-order valence-corrected chi connectivity index (χ0v) is 25.4. The summed E-state index contributed by atoms with van der Waals surface area (Å²) in [4.78, 5) is 57.9. The average Bonchev–Trinajstić information content (AvgIpc) is 3.37. The summed E-state index contributed by atoms with van der Waals surface area (Å²) in [7, 11) is 0. The van der Waals surface area contributed by atoms with Crippen LogP contribution in [0.2, 0.25) is 0 Å². The molecule has 1 aliphatic heterocycles. The number of anilines is 2. The Bertz CT molecular complexity index is 1190. The summed E-state index contributed by atoms with van der Waals surface area (Å²) >= 11 is 1.31. The van der Waals surface area contributed by atoms with Crippen LogP contribution in [0.3, 0.4) is 0 Å². The molecular formula is C28H40N6O7S. The summed E-state index contributed by atoms with van der Waals surface area (Å²) in [5.74, 6) is -0.965. The number of hydrogen-bond donors (Lipinski definition) is 3. The van der Waals surface area contributed by atoms with Gasteiger partial charge in [-0.15, -0.1) is 11.3 Å². The fourth-order valence-corrected chi connectivity index (χ4v) is 4.71. The van der Waals surface area contributed by atoms with E-state index in [1.807, 2.05) is 0 Å². The number of pyridine rings is 1. The quantitative estimate of drug-likeness (QED) is 0.309. The summed E-state index contributed by atoms with van der Waals surface area (Å²) in [6.45, 7) is 11.6. The molecule has 2 aromatic heterocycles. The van der Waals surface area contributed by atoms with Crippen molar-refractivity contribution in [1.82, 2.24) is 20.1 Å². The number of aromatic nitrogens is 1. The normalized spacial score (nSPS) is 13.6. The fourth-order valence-electron chi connectivity index (χ4n) is 4.00. The number of hydrogen-bond acceptors (Lipinski definition) is 10. The largest absolute Gasteiger partial charge is 0.465 e. The van der Waals surface area contributed by atoms with Gasteiger partial charge < -0.3 is 29.7 Å². The smallest absolute Gasteiger partial charge is 0.412 e. The molecule has 13 nitrogen and oxygen atoms in total. The van der Waals surface area contributed by atoms with Crippen LogP contribution in [0.5, 0.6) is 0 Å². The third kappa shape index (κ3) is 11.3. The van der Waals surface area contributed by atoms with Crippen molar-refractivity contribution in [2.24, 2.45) is 0 Å². The molecular weight excluding hydrogens is 564 g/mol. The Balaban J connectivity index is 1.59. The van der Waals surface area contributed by atoms with Gasteiger partial charge in [-0.1, -0.05) is 6.07 Å². The number of nitrogens with one attached hydrogen (secondary N) is 3. The van der Waals surface area contributed by atoms with Crippen LogP contribution in [0, 0.1) is 0 Å². The first-order valence-corrected chi connectivity index (χ1v) is 14.8. The van der Waals surface area contributed by atoms with E-state index in [2.05, 4.69) is 25.8 Å². The number of carbonyl (C=O) groups is 4. The van der Waals surface area contributed by atoms with Crippen molar-refractivity contribution in [2.45, 2.75) is 46.3 Å². The second-order valence-corrected chi connectivity index (χ2v) is 11.3. The van der Waals surface area contributed by atoms with Gasteiger partial charge in [-0.25, -0.2) is 9.59 Å². The highest BCUT2D eigenvalue weighted by Gasteiger charge is 2.20. The maximum absolute atomic E-state index is 12.9. The van der Waals surface area contributed by atoms with Crippen molar-refractivity contribution in [2.75, 3.05) is 63.2 Å². The molecule has 3 heterocycles. The number of thiophene rings is 1. The van der Waals surface area contributed by atoms with Crippen molar-refractivity contribution in [3.8, 4) is 0 Å². The Labute approximate surface area is 249 Å². The maximum atomic E-state index is 12.9. The van der Waals surface area contributed by atoms with E-state index >= 15 is 0 Å². The van der Waals surface area contributed by atoms with E-state index in [9.17, 15) is 19.2 Å². The van der Waals surface area contributed by atoms with Gasteiger partial charge in [-0.3, -0.25) is 24.8 Å². The summed E-state index contributed by atoms with van der Waals surface area (Å²) in [5, 5.41) is 11.4. The summed E-state index contributed by atoms with van der Waals surface area (Å²) in [6.07, 6.45) is 1.65. The number of esters is 1. The molecule has 0 bridgehead atoms. The van der Waals surface area contributed by atoms with Gasteiger partial charge in [0.05, 0.1) is 31.2 Å². The number of ether oxygens (including phenoxy) is 3. The van der Waals surface area contributed by atoms with Crippen LogP contribution in [0.15, 0.2) is 29.1 Å². The lowest BCUT2D eigenvalue weighted by molar-refractivity contribution is -0.141. The number of rotatable bonds is 12. The molecule has 2 aromatic rings. The van der Waals surface area contributed by atoms with E-state index in [4.69, 9.17) is 14.2 Å². The molecule has 42 heavy (non-hydrogen) atoms. The van der Waals surface area contributed by atoms with Crippen LogP contribution in [0.4, 0.5) is 21.0 Å². The van der Waals surface area contributed by atoms with E-state index in [1.54, 1.807) is 55.5 Å². The van der Waals surface area contributed by atoms with Crippen molar-refractivity contribution < 1.29 is 33.4 Å². The first-order chi connectivity index (χ1) is 20.0. The van der Waals surface area contributed by atoms with Crippen LogP contribution >= 0.6 is 11.3 Å². The monoisotopic (exact) mass is 604 g/mol. The average molecular weight is 605 g/mol. The summed E-state index contributed by atoms with van der Waals surface area (Å²) < 4.78 is 15.6. The van der Waals surface area contributed by atoms with Crippen LogP contribution in [0.25, 0.3) is 0 Å². The third-order valence-electron chi connectivity index (χ3n) is 5.96. The van der Waals surface area contributed by atoms with Crippen LogP contribution in [-0.4, -0.2) is 96.9 Å². The van der Waals surface area contributed by atoms with Crippen molar-refractivity contribution in [3.63, 3.8) is 0 Å². The summed E-state index contributed by atoms with van der Waals surface area (Å²) in [6, 6.07) is 2.90. The second kappa shape index (κ2) is 16.0. The van der Waals surface area contributed by atoms with E-state index in [-0.39, 0.29) is 25.4 Å². The highest BCUT2D eigenvalue weighted by Crippen LogP contribution is 2.27.